The van der Waals surface area contributed by atoms with E-state index in [0.717, 1.165) is 18.4 Å². The number of aromatic carboxylic acids is 1. The van der Waals surface area contributed by atoms with Crippen LogP contribution in [0.3, 0.4) is 0 Å². The standard InChI is InChI=1S/C15H17NO2/c1-8-5-12-11-4-3-10(15(17)18)7-14(11)16-13(12)6-9(8)2/h3-4,7-9,16H,5-6H2,1-2H3,(H,17,18). The van der Waals surface area contributed by atoms with Gasteiger partial charge in [0.15, 0.2) is 0 Å². The first-order valence-corrected chi connectivity index (χ1v) is 6.43. The van der Waals surface area contributed by atoms with E-state index in [1.165, 1.54) is 16.6 Å². The normalized spacial score (nSPS) is 23.0. The molecule has 1 aliphatic carbocycles. The number of H-pyrrole nitrogens is 1. The average Bonchev–Trinajstić information content (AvgIpc) is 2.66. The fourth-order valence-corrected chi connectivity index (χ4v) is 2.90. The largest absolute Gasteiger partial charge is 0.478 e. The lowest BCUT2D eigenvalue weighted by atomic mass is 9.80. The molecule has 94 valence electrons. The van der Waals surface area contributed by atoms with E-state index in [-0.39, 0.29) is 0 Å². The van der Waals surface area contributed by atoms with Crippen molar-refractivity contribution in [3.63, 3.8) is 0 Å². The van der Waals surface area contributed by atoms with Crippen molar-refractivity contribution < 1.29 is 9.90 Å². The Bertz CT molecular complexity index is 627. The predicted molar refractivity (Wildman–Crippen MR) is 71.0 cm³/mol. The summed E-state index contributed by atoms with van der Waals surface area (Å²) in [4.78, 5) is 14.4. The van der Waals surface area contributed by atoms with Crippen LogP contribution in [0.4, 0.5) is 0 Å². The average molecular weight is 243 g/mol. The van der Waals surface area contributed by atoms with Gasteiger partial charge in [0, 0.05) is 16.6 Å². The highest BCUT2D eigenvalue weighted by Gasteiger charge is 2.25. The molecule has 1 aromatic heterocycles. The summed E-state index contributed by atoms with van der Waals surface area (Å²) in [5.41, 5.74) is 3.98. The van der Waals surface area contributed by atoms with Gasteiger partial charge in [0.2, 0.25) is 0 Å². The zero-order valence-electron chi connectivity index (χ0n) is 10.7. The Balaban J connectivity index is 2.16. The molecule has 1 aliphatic rings. The number of carboxylic acid groups (broad SMARTS) is 1. The minimum absolute atomic E-state index is 0.349. The number of rotatable bonds is 1. The molecule has 2 aromatic rings. The maximum atomic E-state index is 11.0. The molecule has 3 nitrogen and oxygen atoms in total. The minimum Gasteiger partial charge on any atom is -0.478 e. The van der Waals surface area contributed by atoms with Crippen molar-refractivity contribution in [3.05, 3.63) is 35.0 Å². The molecule has 0 spiro atoms. The third-order valence-corrected chi connectivity index (χ3v) is 4.27. The van der Waals surface area contributed by atoms with E-state index in [2.05, 4.69) is 18.8 Å². The Morgan fingerprint density at radius 3 is 2.72 bits per heavy atom. The van der Waals surface area contributed by atoms with Crippen LogP contribution in [-0.2, 0) is 12.8 Å². The Kier molecular flexibility index (Phi) is 2.44. The van der Waals surface area contributed by atoms with Crippen LogP contribution in [-0.4, -0.2) is 16.1 Å². The van der Waals surface area contributed by atoms with Gasteiger partial charge in [0.05, 0.1) is 5.56 Å². The number of benzene rings is 1. The van der Waals surface area contributed by atoms with Crippen molar-refractivity contribution in [3.8, 4) is 0 Å². The van der Waals surface area contributed by atoms with Crippen LogP contribution in [0.2, 0.25) is 0 Å². The van der Waals surface area contributed by atoms with Crippen LogP contribution < -0.4 is 0 Å². The molecule has 0 radical (unpaired) electrons. The maximum Gasteiger partial charge on any atom is 0.335 e. The number of hydrogen-bond acceptors (Lipinski definition) is 1. The number of carboxylic acids is 1. The molecule has 18 heavy (non-hydrogen) atoms. The molecular formula is C15H17NO2. The van der Waals surface area contributed by atoms with Gasteiger partial charge in [-0.1, -0.05) is 19.9 Å². The number of nitrogens with one attached hydrogen (secondary N) is 1. The Morgan fingerprint density at radius 1 is 1.28 bits per heavy atom. The van der Waals surface area contributed by atoms with Crippen molar-refractivity contribution in [1.29, 1.82) is 0 Å². The SMILES string of the molecule is CC1Cc2[nH]c3cc(C(=O)O)ccc3c2CC1C. The second-order valence-electron chi connectivity index (χ2n) is 5.51. The first kappa shape index (κ1) is 11.3. The third-order valence-electron chi connectivity index (χ3n) is 4.27. The van der Waals surface area contributed by atoms with Crippen molar-refractivity contribution in [2.24, 2.45) is 11.8 Å². The lowest BCUT2D eigenvalue weighted by molar-refractivity contribution is 0.0697. The highest BCUT2D eigenvalue weighted by Crippen LogP contribution is 2.34. The van der Waals surface area contributed by atoms with Gasteiger partial charge in [-0.25, -0.2) is 4.79 Å². The lowest BCUT2D eigenvalue weighted by Gasteiger charge is -2.25. The van der Waals surface area contributed by atoms with Crippen molar-refractivity contribution in [2.75, 3.05) is 0 Å². The van der Waals surface area contributed by atoms with Crippen LogP contribution >= 0.6 is 0 Å². The topological polar surface area (TPSA) is 53.1 Å². The second-order valence-corrected chi connectivity index (χ2v) is 5.51. The van der Waals surface area contributed by atoms with E-state index >= 15 is 0 Å². The Hall–Kier alpha value is -1.77. The first-order valence-electron chi connectivity index (χ1n) is 6.43. The van der Waals surface area contributed by atoms with E-state index in [1.807, 2.05) is 6.07 Å². The fraction of sp³-hybridized carbons (Fsp3) is 0.400. The van der Waals surface area contributed by atoms with Gasteiger partial charge >= 0.3 is 5.97 Å². The summed E-state index contributed by atoms with van der Waals surface area (Å²) in [6, 6.07) is 5.38. The van der Waals surface area contributed by atoms with Crippen LogP contribution in [0.1, 0.15) is 35.5 Å². The Morgan fingerprint density at radius 2 is 2.00 bits per heavy atom. The molecule has 3 heteroatoms. The molecule has 2 unspecified atom stereocenters. The monoisotopic (exact) mass is 243 g/mol. The molecule has 2 N–H and O–H groups in total. The van der Waals surface area contributed by atoms with Gasteiger partial charge in [-0.05, 0) is 42.4 Å². The van der Waals surface area contributed by atoms with Crippen molar-refractivity contribution >= 4 is 16.9 Å². The molecule has 2 atom stereocenters. The smallest absolute Gasteiger partial charge is 0.335 e. The minimum atomic E-state index is -0.869. The molecule has 0 fully saturated rings. The zero-order chi connectivity index (χ0) is 12.9. The van der Waals surface area contributed by atoms with E-state index in [4.69, 9.17) is 5.11 Å². The predicted octanol–water partition coefficient (Wildman–Crippen LogP) is 3.24. The molecule has 0 saturated carbocycles. The summed E-state index contributed by atoms with van der Waals surface area (Å²) in [6.45, 7) is 4.57. The van der Waals surface area contributed by atoms with E-state index < -0.39 is 5.97 Å². The van der Waals surface area contributed by atoms with Gasteiger partial charge in [-0.2, -0.15) is 0 Å². The van der Waals surface area contributed by atoms with Gasteiger partial charge in [-0.15, -0.1) is 0 Å². The van der Waals surface area contributed by atoms with Crippen LogP contribution in [0.5, 0.6) is 0 Å². The van der Waals surface area contributed by atoms with Crippen molar-refractivity contribution in [2.45, 2.75) is 26.7 Å². The number of aromatic amines is 1. The quantitative estimate of drug-likeness (QED) is 0.807. The van der Waals surface area contributed by atoms with E-state index in [9.17, 15) is 4.79 Å². The van der Waals surface area contributed by atoms with Crippen LogP contribution in [0, 0.1) is 11.8 Å². The highest BCUT2D eigenvalue weighted by molar-refractivity contribution is 5.94. The molecule has 1 heterocycles. The number of carbonyl (C=O) groups is 1. The van der Waals surface area contributed by atoms with Crippen LogP contribution in [0.25, 0.3) is 10.9 Å². The zero-order valence-corrected chi connectivity index (χ0v) is 10.7. The van der Waals surface area contributed by atoms with Crippen molar-refractivity contribution in [1.82, 2.24) is 4.98 Å². The maximum absolute atomic E-state index is 11.0. The third kappa shape index (κ3) is 1.62. The Labute approximate surface area is 106 Å². The summed E-state index contributed by atoms with van der Waals surface area (Å²) < 4.78 is 0. The molecule has 0 aliphatic heterocycles. The van der Waals surface area contributed by atoms with E-state index in [1.54, 1.807) is 12.1 Å². The lowest BCUT2D eigenvalue weighted by Crippen LogP contribution is -2.20. The summed E-state index contributed by atoms with van der Waals surface area (Å²) >= 11 is 0. The number of aromatic nitrogens is 1. The molecular weight excluding hydrogens is 226 g/mol. The van der Waals surface area contributed by atoms with Crippen LogP contribution in [0.15, 0.2) is 18.2 Å². The molecule has 1 aromatic carbocycles. The number of fused-ring (bicyclic) bond motifs is 3. The van der Waals surface area contributed by atoms with Gasteiger partial charge in [0.25, 0.3) is 0 Å². The molecule has 0 amide bonds. The van der Waals surface area contributed by atoms with Gasteiger partial charge in [0.1, 0.15) is 0 Å². The molecule has 0 saturated heterocycles. The molecule has 0 bridgehead atoms. The summed E-state index contributed by atoms with van der Waals surface area (Å²) in [5, 5.41) is 10.2. The van der Waals surface area contributed by atoms with E-state index in [0.29, 0.717) is 17.4 Å². The van der Waals surface area contributed by atoms with Gasteiger partial charge < -0.3 is 10.1 Å². The number of hydrogen-bond donors (Lipinski definition) is 2. The summed E-state index contributed by atoms with van der Waals surface area (Å²) in [5.74, 6) is 0.506. The second kappa shape index (κ2) is 3.87. The summed E-state index contributed by atoms with van der Waals surface area (Å²) in [6.07, 6.45) is 2.15. The highest BCUT2D eigenvalue weighted by atomic mass is 16.4. The summed E-state index contributed by atoms with van der Waals surface area (Å²) in [7, 11) is 0. The van der Waals surface area contributed by atoms with Gasteiger partial charge in [-0.3, -0.25) is 0 Å². The molecule has 3 rings (SSSR count). The first-order chi connectivity index (χ1) is 8.56. The fourth-order valence-electron chi connectivity index (χ4n) is 2.90.